The van der Waals surface area contributed by atoms with E-state index in [2.05, 4.69) is 10.1 Å². The van der Waals surface area contributed by atoms with Gasteiger partial charge in [-0.25, -0.2) is 4.79 Å². The molecule has 18 heavy (non-hydrogen) atoms. The molecular weight excluding hydrogens is 236 g/mol. The molecule has 0 heterocycles. The number of methoxy groups -OCH3 is 2. The van der Waals surface area contributed by atoms with Gasteiger partial charge in [0.05, 0.1) is 19.3 Å². The van der Waals surface area contributed by atoms with Crippen LogP contribution in [0.25, 0.3) is 0 Å². The van der Waals surface area contributed by atoms with Crippen molar-refractivity contribution < 1.29 is 19.1 Å². The first-order valence-corrected chi connectivity index (χ1v) is 5.35. The van der Waals surface area contributed by atoms with Crippen LogP contribution in [0.4, 0.5) is 5.69 Å². The van der Waals surface area contributed by atoms with Crippen molar-refractivity contribution in [1.82, 2.24) is 5.32 Å². The average Bonchev–Trinajstić information content (AvgIpc) is 2.38. The van der Waals surface area contributed by atoms with Crippen molar-refractivity contribution in [2.24, 2.45) is 0 Å². The molecule has 0 unspecified atom stereocenters. The molecule has 0 saturated heterocycles. The fourth-order valence-electron chi connectivity index (χ4n) is 1.37. The summed E-state index contributed by atoms with van der Waals surface area (Å²) in [6.45, 7) is 0.843. The van der Waals surface area contributed by atoms with Gasteiger partial charge in [0.1, 0.15) is 0 Å². The summed E-state index contributed by atoms with van der Waals surface area (Å²) < 4.78 is 9.38. The highest BCUT2D eigenvalue weighted by molar-refractivity contribution is 5.99. The van der Waals surface area contributed by atoms with E-state index in [4.69, 9.17) is 10.5 Å². The van der Waals surface area contributed by atoms with Crippen LogP contribution in [-0.2, 0) is 9.47 Å². The first kappa shape index (κ1) is 14.0. The summed E-state index contributed by atoms with van der Waals surface area (Å²) in [4.78, 5) is 23.0. The van der Waals surface area contributed by atoms with Crippen molar-refractivity contribution in [1.29, 1.82) is 0 Å². The Morgan fingerprint density at radius 3 is 2.61 bits per heavy atom. The molecule has 6 heteroatoms. The monoisotopic (exact) mass is 252 g/mol. The largest absolute Gasteiger partial charge is 0.465 e. The number of hydrogen-bond donors (Lipinski definition) is 2. The second-order valence-electron chi connectivity index (χ2n) is 3.54. The summed E-state index contributed by atoms with van der Waals surface area (Å²) in [5.41, 5.74) is 6.52. The Labute approximate surface area is 105 Å². The minimum atomic E-state index is -0.529. The number of nitrogens with two attached hydrogens (primary N) is 1. The molecule has 98 valence electrons. The Bertz CT molecular complexity index is 446. The minimum absolute atomic E-state index is 0.209. The predicted octanol–water partition coefficient (Wildman–Crippen LogP) is 0.432. The molecule has 1 rings (SSSR count). The van der Waals surface area contributed by atoms with Gasteiger partial charge in [0.2, 0.25) is 0 Å². The van der Waals surface area contributed by atoms with E-state index >= 15 is 0 Å². The molecule has 0 atom stereocenters. The van der Waals surface area contributed by atoms with E-state index in [1.54, 1.807) is 7.11 Å². The molecule has 1 amide bonds. The highest BCUT2D eigenvalue weighted by atomic mass is 16.5. The van der Waals surface area contributed by atoms with Gasteiger partial charge in [-0.2, -0.15) is 0 Å². The summed E-state index contributed by atoms with van der Waals surface area (Å²) in [7, 11) is 2.82. The second-order valence-corrected chi connectivity index (χ2v) is 3.54. The lowest BCUT2D eigenvalue weighted by atomic mass is 10.1. The fourth-order valence-corrected chi connectivity index (χ4v) is 1.37. The normalized spacial score (nSPS) is 9.89. The summed E-state index contributed by atoms with van der Waals surface area (Å²) in [5, 5.41) is 2.65. The van der Waals surface area contributed by atoms with Crippen LogP contribution in [0.1, 0.15) is 20.7 Å². The first-order chi connectivity index (χ1) is 8.60. The van der Waals surface area contributed by atoms with Gasteiger partial charge in [0.25, 0.3) is 5.91 Å². The number of benzene rings is 1. The van der Waals surface area contributed by atoms with Crippen LogP contribution in [0.5, 0.6) is 0 Å². The lowest BCUT2D eigenvalue weighted by molar-refractivity contribution is 0.0601. The van der Waals surface area contributed by atoms with Gasteiger partial charge in [-0.3, -0.25) is 4.79 Å². The smallest absolute Gasteiger partial charge is 0.339 e. The number of hydrogen-bond acceptors (Lipinski definition) is 5. The summed E-state index contributed by atoms with van der Waals surface area (Å²) in [6, 6.07) is 4.42. The summed E-state index contributed by atoms with van der Waals surface area (Å²) in [6.07, 6.45) is 0. The lowest BCUT2D eigenvalue weighted by Gasteiger charge is -2.07. The van der Waals surface area contributed by atoms with Crippen LogP contribution in [0.3, 0.4) is 0 Å². The van der Waals surface area contributed by atoms with Gasteiger partial charge >= 0.3 is 5.97 Å². The number of ether oxygens (including phenoxy) is 2. The number of rotatable bonds is 5. The number of carbonyl (C=O) groups is 2. The van der Waals surface area contributed by atoms with Crippen LogP contribution >= 0.6 is 0 Å². The minimum Gasteiger partial charge on any atom is -0.465 e. The molecule has 0 aromatic heterocycles. The third-order valence-electron chi connectivity index (χ3n) is 2.31. The number of nitrogen functional groups attached to an aromatic ring is 1. The molecule has 0 saturated carbocycles. The quantitative estimate of drug-likeness (QED) is 0.450. The molecule has 0 bridgehead atoms. The van der Waals surface area contributed by atoms with Gasteiger partial charge < -0.3 is 20.5 Å². The fraction of sp³-hybridized carbons (Fsp3) is 0.333. The van der Waals surface area contributed by atoms with Crippen molar-refractivity contribution in [3.63, 3.8) is 0 Å². The lowest BCUT2D eigenvalue weighted by Crippen LogP contribution is -2.27. The molecule has 0 aliphatic rings. The van der Waals surface area contributed by atoms with Crippen LogP contribution in [0, 0.1) is 0 Å². The van der Waals surface area contributed by atoms with E-state index in [1.807, 2.05) is 0 Å². The Kier molecular flexibility index (Phi) is 5.13. The van der Waals surface area contributed by atoms with Crippen molar-refractivity contribution >= 4 is 17.6 Å². The first-order valence-electron chi connectivity index (χ1n) is 5.35. The molecule has 0 spiro atoms. The Hall–Kier alpha value is -2.08. The van der Waals surface area contributed by atoms with E-state index in [-0.39, 0.29) is 17.2 Å². The maximum absolute atomic E-state index is 11.7. The van der Waals surface area contributed by atoms with Crippen LogP contribution in [-0.4, -0.2) is 39.2 Å². The Morgan fingerprint density at radius 2 is 2.06 bits per heavy atom. The van der Waals surface area contributed by atoms with Crippen molar-refractivity contribution in [3.05, 3.63) is 29.3 Å². The van der Waals surface area contributed by atoms with Crippen LogP contribution in [0.15, 0.2) is 18.2 Å². The van der Waals surface area contributed by atoms with E-state index in [0.717, 1.165) is 0 Å². The molecule has 3 N–H and O–H groups in total. The Balaban J connectivity index is 2.77. The van der Waals surface area contributed by atoms with Crippen molar-refractivity contribution in [2.45, 2.75) is 0 Å². The maximum Gasteiger partial charge on any atom is 0.339 e. The maximum atomic E-state index is 11.7. The van der Waals surface area contributed by atoms with Crippen LogP contribution < -0.4 is 11.1 Å². The molecule has 0 aliphatic carbocycles. The van der Waals surface area contributed by atoms with E-state index in [1.165, 1.54) is 25.3 Å². The molecule has 0 aliphatic heterocycles. The van der Waals surface area contributed by atoms with E-state index < -0.39 is 5.97 Å². The third kappa shape index (κ3) is 3.46. The van der Waals surface area contributed by atoms with E-state index in [0.29, 0.717) is 18.7 Å². The van der Waals surface area contributed by atoms with Crippen molar-refractivity contribution in [2.75, 3.05) is 33.1 Å². The number of carbonyl (C=O) groups excluding carboxylic acids is 2. The summed E-state index contributed by atoms with van der Waals surface area (Å²) in [5.74, 6) is -0.797. The van der Waals surface area contributed by atoms with Gasteiger partial charge in [-0.15, -0.1) is 0 Å². The van der Waals surface area contributed by atoms with Gasteiger partial charge in [-0.1, -0.05) is 0 Å². The second kappa shape index (κ2) is 6.61. The highest BCUT2D eigenvalue weighted by Crippen LogP contribution is 2.15. The zero-order valence-corrected chi connectivity index (χ0v) is 10.4. The molecule has 1 aromatic rings. The molecule has 0 fully saturated rings. The molecule has 1 aromatic carbocycles. The topological polar surface area (TPSA) is 90.6 Å². The predicted molar refractivity (Wildman–Crippen MR) is 66.4 cm³/mol. The van der Waals surface area contributed by atoms with E-state index in [9.17, 15) is 9.59 Å². The molecular formula is C12H16N2O4. The Morgan fingerprint density at radius 1 is 1.33 bits per heavy atom. The zero-order chi connectivity index (χ0) is 13.5. The molecule has 0 radical (unpaired) electrons. The number of esters is 1. The SMILES string of the molecule is COCCNC(=O)c1ccc(C(=O)OC)c(N)c1. The zero-order valence-electron chi connectivity index (χ0n) is 10.4. The number of nitrogens with one attached hydrogen (secondary N) is 1. The standard InChI is InChI=1S/C12H16N2O4/c1-17-6-5-14-11(15)8-3-4-9(10(13)7-8)12(16)18-2/h3-4,7H,5-6,13H2,1-2H3,(H,14,15). The highest BCUT2D eigenvalue weighted by Gasteiger charge is 2.12. The van der Waals surface area contributed by atoms with Crippen molar-refractivity contribution in [3.8, 4) is 0 Å². The molecule has 6 nitrogen and oxygen atoms in total. The number of amides is 1. The van der Waals surface area contributed by atoms with Gasteiger partial charge in [0.15, 0.2) is 0 Å². The summed E-state index contributed by atoms with van der Waals surface area (Å²) >= 11 is 0. The van der Waals surface area contributed by atoms with Gasteiger partial charge in [-0.05, 0) is 18.2 Å². The number of anilines is 1. The van der Waals surface area contributed by atoms with Gasteiger partial charge in [0, 0.05) is 24.9 Å². The third-order valence-corrected chi connectivity index (χ3v) is 2.31. The average molecular weight is 252 g/mol. The van der Waals surface area contributed by atoms with Crippen LogP contribution in [0.2, 0.25) is 0 Å².